The van der Waals surface area contributed by atoms with Crippen molar-refractivity contribution in [2.24, 2.45) is 0 Å². The van der Waals surface area contributed by atoms with Crippen LogP contribution in [0.2, 0.25) is 0 Å². The summed E-state index contributed by atoms with van der Waals surface area (Å²) >= 11 is 0.790. The van der Waals surface area contributed by atoms with Crippen LogP contribution in [-0.2, 0) is 4.79 Å². The summed E-state index contributed by atoms with van der Waals surface area (Å²) in [6.45, 7) is -0.299. The topological polar surface area (TPSA) is 76.8 Å². The average molecular weight is 343 g/mol. The van der Waals surface area contributed by atoms with Gasteiger partial charge in [-0.25, -0.2) is 0 Å². The lowest BCUT2D eigenvalue weighted by Gasteiger charge is -2.11. The van der Waals surface area contributed by atoms with Gasteiger partial charge in [0.15, 0.2) is 5.78 Å². The number of nitrogens with zero attached hydrogens (tertiary/aromatic N) is 1. The third-order valence-corrected chi connectivity index (χ3v) is 4.31. The number of ether oxygens (including phenoxy) is 1. The van der Waals surface area contributed by atoms with E-state index in [-0.39, 0.29) is 17.2 Å². The van der Waals surface area contributed by atoms with Crippen LogP contribution in [-0.4, -0.2) is 35.5 Å². The molecule has 6 nitrogen and oxygen atoms in total. The van der Waals surface area contributed by atoms with Gasteiger partial charge in [0, 0.05) is 11.6 Å². The van der Waals surface area contributed by atoms with Gasteiger partial charge in [0.1, 0.15) is 11.5 Å². The maximum atomic E-state index is 12.3. The minimum Gasteiger partial charge on any atom is -0.497 e. The van der Waals surface area contributed by atoms with Gasteiger partial charge in [-0.05, 0) is 48.2 Å². The largest absolute Gasteiger partial charge is 0.497 e. The first-order chi connectivity index (χ1) is 11.6. The Morgan fingerprint density at radius 2 is 2.00 bits per heavy atom. The number of methoxy groups -OCH3 is 1. The zero-order chi connectivity index (χ0) is 17.1. The van der Waals surface area contributed by atoms with Crippen molar-refractivity contribution in [3.63, 3.8) is 0 Å². The van der Waals surface area contributed by atoms with Crippen molar-refractivity contribution in [2.45, 2.75) is 0 Å². The first-order valence-corrected chi connectivity index (χ1v) is 7.86. The van der Waals surface area contributed by atoms with Gasteiger partial charge < -0.3 is 9.15 Å². The molecule has 2 amide bonds. The second kappa shape index (κ2) is 6.76. The molecule has 0 radical (unpaired) electrons. The number of furan rings is 1. The molecule has 0 aliphatic carbocycles. The zero-order valence-electron chi connectivity index (χ0n) is 12.7. The van der Waals surface area contributed by atoms with E-state index in [9.17, 15) is 14.4 Å². The van der Waals surface area contributed by atoms with Gasteiger partial charge in [-0.3, -0.25) is 19.3 Å². The number of amides is 2. The summed E-state index contributed by atoms with van der Waals surface area (Å²) in [5.41, 5.74) is 0.407. The summed E-state index contributed by atoms with van der Waals surface area (Å²) in [6, 6.07) is 9.85. The van der Waals surface area contributed by atoms with E-state index < -0.39 is 11.1 Å². The standard InChI is InChI=1S/C17H13NO5S/c1-22-12-6-4-11(5-7-12)14(19)10-18-16(20)15(24-17(18)21)9-13-3-2-8-23-13/h2-9H,10H2,1H3/b15-9-. The highest BCUT2D eigenvalue weighted by Gasteiger charge is 2.36. The summed E-state index contributed by atoms with van der Waals surface area (Å²) in [5, 5.41) is -0.473. The second-order valence-corrected chi connectivity index (χ2v) is 5.93. The van der Waals surface area contributed by atoms with Crippen molar-refractivity contribution in [3.05, 3.63) is 58.9 Å². The molecule has 0 unspecified atom stereocenters. The molecular formula is C17H13NO5S. The molecule has 24 heavy (non-hydrogen) atoms. The first-order valence-electron chi connectivity index (χ1n) is 7.04. The Labute approximate surface area is 142 Å². The molecule has 2 aromatic rings. The molecule has 3 rings (SSSR count). The number of rotatable bonds is 5. The van der Waals surface area contributed by atoms with Crippen molar-refractivity contribution in [1.29, 1.82) is 0 Å². The Morgan fingerprint density at radius 1 is 1.25 bits per heavy atom. The van der Waals surface area contributed by atoms with Crippen LogP contribution in [0, 0.1) is 0 Å². The maximum Gasteiger partial charge on any atom is 0.293 e. The fourth-order valence-corrected chi connectivity index (χ4v) is 2.97. The normalized spacial score (nSPS) is 16.0. The van der Waals surface area contributed by atoms with Gasteiger partial charge in [0.25, 0.3) is 11.1 Å². The number of carbonyl (C=O) groups excluding carboxylic acids is 3. The van der Waals surface area contributed by atoms with Crippen LogP contribution >= 0.6 is 11.8 Å². The predicted molar refractivity (Wildman–Crippen MR) is 88.7 cm³/mol. The molecule has 0 spiro atoms. The fraction of sp³-hybridized carbons (Fsp3) is 0.118. The monoisotopic (exact) mass is 343 g/mol. The molecule has 2 heterocycles. The van der Waals surface area contributed by atoms with E-state index >= 15 is 0 Å². The lowest BCUT2D eigenvalue weighted by molar-refractivity contribution is -0.122. The Morgan fingerprint density at radius 3 is 2.62 bits per heavy atom. The lowest BCUT2D eigenvalue weighted by Crippen LogP contribution is -2.33. The molecule has 0 atom stereocenters. The summed E-state index contributed by atoms with van der Waals surface area (Å²) < 4.78 is 10.2. The van der Waals surface area contributed by atoms with E-state index in [2.05, 4.69) is 0 Å². The molecule has 0 bridgehead atoms. The van der Waals surface area contributed by atoms with E-state index in [0.717, 1.165) is 16.7 Å². The second-order valence-electron chi connectivity index (χ2n) is 4.93. The number of thioether (sulfide) groups is 1. The van der Waals surface area contributed by atoms with Gasteiger partial charge in [-0.2, -0.15) is 0 Å². The van der Waals surface area contributed by atoms with E-state index in [0.29, 0.717) is 17.1 Å². The van der Waals surface area contributed by atoms with Crippen molar-refractivity contribution in [2.75, 3.05) is 13.7 Å². The highest BCUT2D eigenvalue weighted by atomic mass is 32.2. The number of hydrogen-bond acceptors (Lipinski definition) is 6. The molecule has 1 saturated heterocycles. The number of Topliss-reactive ketones (excluding diaryl/α,β-unsaturated/α-hetero) is 1. The summed E-state index contributed by atoms with van der Waals surface area (Å²) in [7, 11) is 1.53. The molecule has 7 heteroatoms. The molecule has 1 aliphatic heterocycles. The van der Waals surface area contributed by atoms with Crippen LogP contribution < -0.4 is 4.74 Å². The fourth-order valence-electron chi connectivity index (χ4n) is 2.15. The number of carbonyl (C=O) groups is 3. The Bertz CT molecular complexity index is 808. The van der Waals surface area contributed by atoms with Crippen LogP contribution in [0.15, 0.2) is 52.0 Å². The van der Waals surface area contributed by atoms with Gasteiger partial charge in [0.05, 0.1) is 24.8 Å². The minimum atomic E-state index is -0.497. The smallest absolute Gasteiger partial charge is 0.293 e. The van der Waals surface area contributed by atoms with Crippen molar-refractivity contribution in [3.8, 4) is 5.75 Å². The van der Waals surface area contributed by atoms with Gasteiger partial charge >= 0.3 is 0 Å². The molecule has 1 fully saturated rings. The average Bonchev–Trinajstić information content (AvgIpc) is 3.19. The third kappa shape index (κ3) is 3.26. The summed E-state index contributed by atoms with van der Waals surface area (Å²) in [6.07, 6.45) is 2.96. The molecular weight excluding hydrogens is 330 g/mol. The van der Waals surface area contributed by atoms with Crippen molar-refractivity contribution in [1.82, 2.24) is 4.90 Å². The van der Waals surface area contributed by atoms with Gasteiger partial charge in [-0.15, -0.1) is 0 Å². The number of ketones is 1. The summed E-state index contributed by atoms with van der Waals surface area (Å²) in [5.74, 6) is 0.281. The molecule has 1 aliphatic rings. The van der Waals surface area contributed by atoms with Crippen LogP contribution in [0.3, 0.4) is 0 Å². The number of imide groups is 1. The quantitative estimate of drug-likeness (QED) is 0.613. The van der Waals surface area contributed by atoms with Crippen molar-refractivity contribution >= 4 is 34.8 Å². The molecule has 1 aromatic carbocycles. The minimum absolute atomic E-state index is 0.234. The van der Waals surface area contributed by atoms with Gasteiger partial charge in [-0.1, -0.05) is 0 Å². The third-order valence-electron chi connectivity index (χ3n) is 3.40. The van der Waals surface area contributed by atoms with Crippen LogP contribution in [0.5, 0.6) is 5.75 Å². The van der Waals surface area contributed by atoms with Crippen LogP contribution in [0.4, 0.5) is 4.79 Å². The highest BCUT2D eigenvalue weighted by Crippen LogP contribution is 2.32. The Balaban J connectivity index is 1.73. The number of hydrogen-bond donors (Lipinski definition) is 0. The number of benzene rings is 1. The zero-order valence-corrected chi connectivity index (χ0v) is 13.5. The van der Waals surface area contributed by atoms with E-state index in [1.807, 2.05) is 0 Å². The van der Waals surface area contributed by atoms with Crippen LogP contribution in [0.25, 0.3) is 6.08 Å². The van der Waals surface area contributed by atoms with Crippen LogP contribution in [0.1, 0.15) is 16.1 Å². The highest BCUT2D eigenvalue weighted by molar-refractivity contribution is 8.18. The lowest BCUT2D eigenvalue weighted by atomic mass is 10.1. The van der Waals surface area contributed by atoms with Crippen molar-refractivity contribution < 1.29 is 23.5 Å². The SMILES string of the molecule is COc1ccc(C(=O)CN2C(=O)S/C(=C\c3ccco3)C2=O)cc1. The predicted octanol–water partition coefficient (Wildman–Crippen LogP) is 3.21. The van der Waals surface area contributed by atoms with Gasteiger partial charge in [0.2, 0.25) is 0 Å². The van der Waals surface area contributed by atoms with E-state index in [4.69, 9.17) is 9.15 Å². The Hall–Kier alpha value is -2.80. The molecule has 0 N–H and O–H groups in total. The molecule has 1 aromatic heterocycles. The molecule has 0 saturated carbocycles. The first kappa shape index (κ1) is 16.1. The maximum absolute atomic E-state index is 12.3. The van der Waals surface area contributed by atoms with E-state index in [1.165, 1.54) is 19.4 Å². The summed E-state index contributed by atoms with van der Waals surface area (Å²) in [4.78, 5) is 37.8. The molecule has 122 valence electrons. The van der Waals surface area contributed by atoms with E-state index in [1.54, 1.807) is 36.4 Å². The Kier molecular flexibility index (Phi) is 4.52.